The second-order valence-corrected chi connectivity index (χ2v) is 9.51. The Morgan fingerprint density at radius 2 is 1.74 bits per heavy atom. The van der Waals surface area contributed by atoms with Gasteiger partial charge >= 0.3 is 0 Å². The van der Waals surface area contributed by atoms with Gasteiger partial charge < -0.3 is 32.6 Å². The number of nitrogens with one attached hydrogen (secondary N) is 3. The summed E-state index contributed by atoms with van der Waals surface area (Å²) < 4.78 is 0. The Morgan fingerprint density at radius 3 is 2.40 bits per heavy atom. The van der Waals surface area contributed by atoms with E-state index in [0.717, 1.165) is 5.56 Å². The summed E-state index contributed by atoms with van der Waals surface area (Å²) in [6.45, 7) is 6.83. The predicted molar refractivity (Wildman–Crippen MR) is 125 cm³/mol. The predicted octanol–water partition coefficient (Wildman–Crippen LogP) is 0.669. The molecule has 2 heterocycles. The van der Waals surface area contributed by atoms with Crippen LogP contribution in [-0.4, -0.2) is 64.5 Å². The monoisotopic (exact) mass is 558 g/mol. The molecule has 3 N–H and O–H groups in total. The van der Waals surface area contributed by atoms with Crippen LogP contribution in [0.25, 0.3) is 0 Å². The van der Waals surface area contributed by atoms with Crippen LogP contribution in [0.5, 0.6) is 0 Å². The summed E-state index contributed by atoms with van der Waals surface area (Å²) in [7, 11) is 0. The fourth-order valence-electron chi connectivity index (χ4n) is 4.38. The van der Waals surface area contributed by atoms with Crippen molar-refractivity contribution in [3.63, 3.8) is 0 Å². The summed E-state index contributed by atoms with van der Waals surface area (Å²) in [6.07, 6.45) is 2.14. The van der Waals surface area contributed by atoms with Gasteiger partial charge in [-0.15, -0.1) is 0 Å². The zero-order valence-electron chi connectivity index (χ0n) is 20.3. The summed E-state index contributed by atoms with van der Waals surface area (Å²) in [6, 6.07) is 6.79. The van der Waals surface area contributed by atoms with Gasteiger partial charge in [-0.05, 0) is 57.3 Å². The maximum atomic E-state index is 13.5. The van der Waals surface area contributed by atoms with Crippen molar-refractivity contribution in [2.24, 2.45) is 0 Å². The van der Waals surface area contributed by atoms with E-state index in [4.69, 9.17) is 0 Å². The van der Waals surface area contributed by atoms with Crippen molar-refractivity contribution in [1.82, 2.24) is 20.9 Å². The van der Waals surface area contributed by atoms with Crippen LogP contribution >= 0.6 is 0 Å². The Labute approximate surface area is 231 Å². The fraction of sp³-hybridized carbons (Fsp3) is 0.520. The smallest absolute Gasteiger partial charge is 0.246 e. The number of amides is 4. The molecule has 1 radical (unpaired) electrons. The van der Waals surface area contributed by atoms with Crippen molar-refractivity contribution in [2.75, 3.05) is 6.54 Å². The molecule has 0 aromatic heterocycles. The Balaban J connectivity index is 0.00000432. The van der Waals surface area contributed by atoms with Crippen LogP contribution in [0.2, 0.25) is 0 Å². The number of hydrogen-bond donors (Lipinski definition) is 3. The van der Waals surface area contributed by atoms with Gasteiger partial charge in [0.2, 0.25) is 23.6 Å². The van der Waals surface area contributed by atoms with Crippen LogP contribution in [0.4, 0.5) is 0 Å². The van der Waals surface area contributed by atoms with Gasteiger partial charge in [0, 0.05) is 45.7 Å². The van der Waals surface area contributed by atoms with Gasteiger partial charge in [0.25, 0.3) is 0 Å². The molecule has 1 aromatic carbocycles. The number of carbonyl (C=O) groups excluding carboxylic acids is 5. The van der Waals surface area contributed by atoms with Crippen molar-refractivity contribution in [3.05, 3.63) is 42.8 Å². The van der Waals surface area contributed by atoms with Crippen LogP contribution in [0.15, 0.2) is 30.3 Å². The standard InChI is InChI=1S/C25H33N4O5.Y/c1-16(30)9-7-12-18-21(31)28-25(2,3)24(34)27-19(15-17-10-5-4-6-11-17)23(33)29-14-8-13-20(29)22(32)26-18;/h4-6,10-11,18-20H,1,7-9,12-15H2,2-3H3,(H,26,32)(H,27,34)(H,28,31);/q-1;/t18-,19-,20+;/m0./s1. The first kappa shape index (κ1) is 29.0. The van der Waals surface area contributed by atoms with Crippen molar-refractivity contribution in [1.29, 1.82) is 0 Å². The molecule has 2 aliphatic rings. The first-order chi connectivity index (χ1) is 16.1. The van der Waals surface area contributed by atoms with E-state index in [9.17, 15) is 24.0 Å². The van der Waals surface area contributed by atoms with Gasteiger partial charge in [0.05, 0.1) is 0 Å². The maximum Gasteiger partial charge on any atom is 0.246 e. The van der Waals surface area contributed by atoms with Crippen molar-refractivity contribution >= 4 is 29.4 Å². The molecule has 0 spiro atoms. The topological polar surface area (TPSA) is 125 Å². The van der Waals surface area contributed by atoms with E-state index in [-0.39, 0.29) is 63.7 Å². The molecule has 2 aliphatic heterocycles. The largest absolute Gasteiger partial charge is 0.343 e. The van der Waals surface area contributed by atoms with E-state index in [2.05, 4.69) is 22.9 Å². The second-order valence-electron chi connectivity index (χ2n) is 9.51. The van der Waals surface area contributed by atoms with E-state index >= 15 is 0 Å². The molecule has 187 valence electrons. The van der Waals surface area contributed by atoms with Gasteiger partial charge in [0.1, 0.15) is 23.7 Å². The fourth-order valence-corrected chi connectivity index (χ4v) is 4.38. The van der Waals surface area contributed by atoms with Crippen molar-refractivity contribution < 1.29 is 56.7 Å². The molecule has 2 fully saturated rings. The van der Waals surface area contributed by atoms with Crippen LogP contribution in [-0.2, 0) is 63.1 Å². The zero-order chi connectivity index (χ0) is 24.9. The van der Waals surface area contributed by atoms with Crippen LogP contribution < -0.4 is 16.0 Å². The molecular formula is C25H33N4O5Y-. The number of hydrogen-bond acceptors (Lipinski definition) is 5. The number of rotatable bonds is 6. The number of ketones is 1. The quantitative estimate of drug-likeness (QED) is 0.443. The third kappa shape index (κ3) is 7.61. The van der Waals surface area contributed by atoms with Crippen LogP contribution in [0, 0.1) is 6.92 Å². The van der Waals surface area contributed by atoms with E-state index in [1.54, 1.807) is 13.8 Å². The number of nitrogens with zero attached hydrogens (tertiary/aromatic N) is 1. The Morgan fingerprint density at radius 1 is 1.06 bits per heavy atom. The minimum absolute atomic E-state index is 0. The van der Waals surface area contributed by atoms with E-state index < -0.39 is 41.4 Å². The van der Waals surface area contributed by atoms with E-state index in [1.807, 2.05) is 30.3 Å². The van der Waals surface area contributed by atoms with Gasteiger partial charge in [-0.25, -0.2) is 0 Å². The summed E-state index contributed by atoms with van der Waals surface area (Å²) >= 11 is 0. The van der Waals surface area contributed by atoms with Crippen LogP contribution in [0.3, 0.4) is 0 Å². The van der Waals surface area contributed by atoms with Gasteiger partial charge in [0.15, 0.2) is 0 Å². The second kappa shape index (κ2) is 12.6. The summed E-state index contributed by atoms with van der Waals surface area (Å²) in [5, 5.41) is 8.27. The molecule has 9 nitrogen and oxygen atoms in total. The summed E-state index contributed by atoms with van der Waals surface area (Å²) in [5.41, 5.74) is -0.462. The molecule has 35 heavy (non-hydrogen) atoms. The first-order valence-electron chi connectivity index (χ1n) is 11.7. The molecule has 0 aliphatic carbocycles. The van der Waals surface area contributed by atoms with Gasteiger partial charge in [-0.1, -0.05) is 30.3 Å². The minimum Gasteiger partial charge on any atom is -0.343 e. The molecule has 3 atom stereocenters. The summed E-state index contributed by atoms with van der Waals surface area (Å²) in [4.78, 5) is 65.7. The van der Waals surface area contributed by atoms with Crippen LogP contribution in [0.1, 0.15) is 51.5 Å². The molecule has 1 aromatic rings. The maximum absolute atomic E-state index is 13.5. The average Bonchev–Trinajstić information content (AvgIpc) is 3.27. The first-order valence-corrected chi connectivity index (χ1v) is 11.7. The van der Waals surface area contributed by atoms with E-state index in [1.165, 1.54) is 4.90 Å². The van der Waals surface area contributed by atoms with Gasteiger partial charge in [-0.3, -0.25) is 19.2 Å². The Kier molecular flexibility index (Phi) is 10.5. The van der Waals surface area contributed by atoms with Crippen molar-refractivity contribution in [2.45, 2.75) is 76.0 Å². The average molecular weight is 558 g/mol. The number of fused-ring (bicyclic) bond motifs is 1. The van der Waals surface area contributed by atoms with Gasteiger partial charge in [-0.2, -0.15) is 0 Å². The molecule has 0 bridgehead atoms. The molecule has 0 unspecified atom stereocenters. The third-order valence-corrected chi connectivity index (χ3v) is 6.31. The molecule has 4 amide bonds. The van der Waals surface area contributed by atoms with E-state index in [0.29, 0.717) is 25.8 Å². The normalized spacial score (nSPS) is 24.6. The van der Waals surface area contributed by atoms with Crippen molar-refractivity contribution in [3.8, 4) is 0 Å². The number of Topliss-reactive ketones (excluding diaryl/α,β-unsaturated/α-hetero) is 1. The molecule has 0 saturated carbocycles. The molecule has 3 rings (SSSR count). The zero-order valence-corrected chi connectivity index (χ0v) is 23.2. The Hall–Kier alpha value is -2.26. The number of carbonyl (C=O) groups is 5. The molecule has 2 saturated heterocycles. The summed E-state index contributed by atoms with van der Waals surface area (Å²) in [5.74, 6) is -1.99. The third-order valence-electron chi connectivity index (χ3n) is 6.31. The SMILES string of the molecule is [CH2-]C(=O)CCC[C@@H]1NC(=O)[C@H]2CCCN2C(=O)[C@H](Cc2ccccc2)NC(=O)C(C)(C)NC1=O.[Y]. The molecule has 10 heteroatoms. The minimum atomic E-state index is -1.33. The molecular weight excluding hydrogens is 525 g/mol. The Bertz CT molecular complexity index is 952. The number of benzene rings is 1.